The highest BCUT2D eigenvalue weighted by Gasteiger charge is 2.23. The van der Waals surface area contributed by atoms with E-state index in [-0.39, 0.29) is 0 Å². The van der Waals surface area contributed by atoms with Crippen LogP contribution >= 0.6 is 0 Å². The maximum Gasteiger partial charge on any atom is 0.146 e. The molecule has 0 atom stereocenters. The van der Waals surface area contributed by atoms with Gasteiger partial charge in [-0.1, -0.05) is 12.1 Å². The van der Waals surface area contributed by atoms with Crippen LogP contribution in [-0.2, 0) is 6.54 Å². The fourth-order valence-electron chi connectivity index (χ4n) is 2.45. The Morgan fingerprint density at radius 3 is 3.12 bits per heavy atom. The summed E-state index contributed by atoms with van der Waals surface area (Å²) in [6.45, 7) is 3.89. The molecule has 3 heteroatoms. The lowest BCUT2D eigenvalue weighted by Crippen LogP contribution is -2.23. The molecule has 3 nitrogen and oxygen atoms in total. The standard InChI is InChI=1S/C14H20N2O/c1-16(9-11-5-6-11)10-12-3-2-4-13-14(12)17-8-7-15-13/h2-4,11,15H,5-10H2,1H3. The zero-order valence-electron chi connectivity index (χ0n) is 10.4. The molecule has 92 valence electrons. The van der Waals surface area contributed by atoms with Crippen molar-refractivity contribution in [2.75, 3.05) is 32.1 Å². The molecule has 3 rings (SSSR count). The monoisotopic (exact) mass is 232 g/mol. The Bertz CT molecular complexity index is 401. The fourth-order valence-corrected chi connectivity index (χ4v) is 2.45. The number of rotatable bonds is 4. The molecule has 0 bridgehead atoms. The third-order valence-corrected chi connectivity index (χ3v) is 3.47. The first kappa shape index (κ1) is 10.9. The summed E-state index contributed by atoms with van der Waals surface area (Å²) in [5.74, 6) is 2.00. The van der Waals surface area contributed by atoms with Gasteiger partial charge in [0.05, 0.1) is 5.69 Å². The Kier molecular flexibility index (Phi) is 2.93. The van der Waals surface area contributed by atoms with Crippen LogP contribution in [0.5, 0.6) is 5.75 Å². The molecule has 0 saturated heterocycles. The number of ether oxygens (including phenoxy) is 1. The lowest BCUT2D eigenvalue weighted by molar-refractivity contribution is 0.289. The van der Waals surface area contributed by atoms with Crippen LogP contribution in [0.4, 0.5) is 5.69 Å². The molecular formula is C14H20N2O. The lowest BCUT2D eigenvalue weighted by atomic mass is 10.1. The minimum absolute atomic E-state index is 0.774. The first-order valence-corrected chi connectivity index (χ1v) is 6.50. The first-order valence-electron chi connectivity index (χ1n) is 6.50. The Morgan fingerprint density at radius 1 is 1.41 bits per heavy atom. The lowest BCUT2D eigenvalue weighted by Gasteiger charge is -2.24. The van der Waals surface area contributed by atoms with Crippen LogP contribution in [0.2, 0.25) is 0 Å². The summed E-state index contributed by atoms with van der Waals surface area (Å²) >= 11 is 0. The van der Waals surface area contributed by atoms with Gasteiger partial charge in [-0.3, -0.25) is 0 Å². The molecule has 1 aromatic carbocycles. The molecule has 1 fully saturated rings. The van der Waals surface area contributed by atoms with Gasteiger partial charge >= 0.3 is 0 Å². The van der Waals surface area contributed by atoms with Crippen molar-refractivity contribution in [3.63, 3.8) is 0 Å². The molecular weight excluding hydrogens is 212 g/mol. The zero-order chi connectivity index (χ0) is 11.7. The zero-order valence-corrected chi connectivity index (χ0v) is 10.4. The molecule has 1 aliphatic carbocycles. The van der Waals surface area contributed by atoms with E-state index in [9.17, 15) is 0 Å². The average molecular weight is 232 g/mol. The smallest absolute Gasteiger partial charge is 0.146 e. The van der Waals surface area contributed by atoms with Crippen LogP contribution in [0, 0.1) is 5.92 Å². The fraction of sp³-hybridized carbons (Fsp3) is 0.571. The van der Waals surface area contributed by atoms with Gasteiger partial charge in [0.1, 0.15) is 12.4 Å². The van der Waals surface area contributed by atoms with Gasteiger partial charge in [-0.15, -0.1) is 0 Å². The van der Waals surface area contributed by atoms with Crippen molar-refractivity contribution in [2.24, 2.45) is 5.92 Å². The van der Waals surface area contributed by atoms with Crippen molar-refractivity contribution in [3.05, 3.63) is 23.8 Å². The van der Waals surface area contributed by atoms with Crippen LogP contribution in [0.1, 0.15) is 18.4 Å². The number of benzene rings is 1. The van der Waals surface area contributed by atoms with E-state index in [1.807, 2.05) is 0 Å². The van der Waals surface area contributed by atoms with Crippen LogP contribution in [-0.4, -0.2) is 31.6 Å². The quantitative estimate of drug-likeness (QED) is 0.862. The van der Waals surface area contributed by atoms with E-state index in [1.54, 1.807) is 0 Å². The van der Waals surface area contributed by atoms with Gasteiger partial charge in [0, 0.05) is 25.2 Å². The molecule has 0 spiro atoms. The van der Waals surface area contributed by atoms with E-state index in [0.29, 0.717) is 0 Å². The van der Waals surface area contributed by atoms with Crippen molar-refractivity contribution in [2.45, 2.75) is 19.4 Å². The molecule has 0 unspecified atom stereocenters. The maximum absolute atomic E-state index is 5.79. The highest BCUT2D eigenvalue weighted by atomic mass is 16.5. The second-order valence-corrected chi connectivity index (χ2v) is 5.21. The van der Waals surface area contributed by atoms with Gasteiger partial charge in [0.15, 0.2) is 0 Å². The van der Waals surface area contributed by atoms with E-state index in [0.717, 1.165) is 37.1 Å². The first-order chi connectivity index (χ1) is 8.33. The molecule has 1 aromatic rings. The third-order valence-electron chi connectivity index (χ3n) is 3.47. The van der Waals surface area contributed by atoms with E-state index in [1.165, 1.54) is 24.9 Å². The van der Waals surface area contributed by atoms with Crippen LogP contribution in [0.3, 0.4) is 0 Å². The second kappa shape index (κ2) is 4.57. The van der Waals surface area contributed by atoms with Crippen molar-refractivity contribution >= 4 is 5.69 Å². The van der Waals surface area contributed by atoms with Crippen molar-refractivity contribution < 1.29 is 4.74 Å². The second-order valence-electron chi connectivity index (χ2n) is 5.21. The molecule has 0 aromatic heterocycles. The number of fused-ring (bicyclic) bond motifs is 1. The van der Waals surface area contributed by atoms with Crippen LogP contribution in [0.15, 0.2) is 18.2 Å². The Morgan fingerprint density at radius 2 is 2.29 bits per heavy atom. The summed E-state index contributed by atoms with van der Waals surface area (Å²) in [5.41, 5.74) is 2.45. The van der Waals surface area contributed by atoms with E-state index in [4.69, 9.17) is 4.74 Å². The molecule has 0 amide bonds. The summed E-state index contributed by atoms with van der Waals surface area (Å²) < 4.78 is 5.79. The molecule has 17 heavy (non-hydrogen) atoms. The van der Waals surface area contributed by atoms with Gasteiger partial charge in [-0.2, -0.15) is 0 Å². The number of para-hydroxylation sites is 1. The molecule has 1 aliphatic heterocycles. The SMILES string of the molecule is CN(Cc1cccc2c1OCCN2)CC1CC1. The van der Waals surface area contributed by atoms with Crippen LogP contribution in [0.25, 0.3) is 0 Å². The summed E-state index contributed by atoms with van der Waals surface area (Å²) in [5, 5.41) is 3.39. The third kappa shape index (κ3) is 2.55. The number of anilines is 1. The van der Waals surface area contributed by atoms with Crippen molar-refractivity contribution in [3.8, 4) is 5.75 Å². The summed E-state index contributed by atoms with van der Waals surface area (Å²) in [6.07, 6.45) is 2.82. The molecule has 1 saturated carbocycles. The number of nitrogens with zero attached hydrogens (tertiary/aromatic N) is 1. The molecule has 2 aliphatic rings. The summed E-state index contributed by atoms with van der Waals surface area (Å²) in [7, 11) is 2.20. The van der Waals surface area contributed by atoms with E-state index >= 15 is 0 Å². The number of nitrogens with one attached hydrogen (secondary N) is 1. The highest BCUT2D eigenvalue weighted by Crippen LogP contribution is 2.33. The summed E-state index contributed by atoms with van der Waals surface area (Å²) in [4.78, 5) is 2.41. The minimum Gasteiger partial charge on any atom is -0.489 e. The Hall–Kier alpha value is -1.22. The van der Waals surface area contributed by atoms with Crippen LogP contribution < -0.4 is 10.1 Å². The predicted molar refractivity (Wildman–Crippen MR) is 69.5 cm³/mol. The van der Waals surface area contributed by atoms with Gasteiger partial charge in [0.2, 0.25) is 0 Å². The van der Waals surface area contributed by atoms with Gasteiger partial charge in [-0.05, 0) is 31.9 Å². The van der Waals surface area contributed by atoms with E-state index in [2.05, 4.69) is 35.5 Å². The average Bonchev–Trinajstić information content (AvgIpc) is 3.13. The minimum atomic E-state index is 0.774. The molecule has 1 N–H and O–H groups in total. The largest absolute Gasteiger partial charge is 0.489 e. The van der Waals surface area contributed by atoms with Gasteiger partial charge in [0.25, 0.3) is 0 Å². The molecule has 1 heterocycles. The normalized spacial score (nSPS) is 18.5. The van der Waals surface area contributed by atoms with Gasteiger partial charge in [-0.25, -0.2) is 0 Å². The Labute approximate surface area is 103 Å². The molecule has 0 radical (unpaired) electrons. The number of hydrogen-bond acceptors (Lipinski definition) is 3. The van der Waals surface area contributed by atoms with Gasteiger partial charge < -0.3 is 15.0 Å². The van der Waals surface area contributed by atoms with E-state index < -0.39 is 0 Å². The van der Waals surface area contributed by atoms with Crippen molar-refractivity contribution in [1.82, 2.24) is 4.90 Å². The van der Waals surface area contributed by atoms with Crippen molar-refractivity contribution in [1.29, 1.82) is 0 Å². The maximum atomic E-state index is 5.79. The predicted octanol–water partition coefficient (Wildman–Crippen LogP) is 2.33. The summed E-state index contributed by atoms with van der Waals surface area (Å²) in [6, 6.07) is 6.38. The highest BCUT2D eigenvalue weighted by molar-refractivity contribution is 5.61. The Balaban J connectivity index is 1.72. The number of hydrogen-bond donors (Lipinski definition) is 1. The topological polar surface area (TPSA) is 24.5 Å².